The second kappa shape index (κ2) is 5.24. The molecule has 0 aliphatic heterocycles. The van der Waals surface area contributed by atoms with Crippen LogP contribution in [0, 0.1) is 0 Å². The number of hydrogen-bond acceptors (Lipinski definition) is 2. The van der Waals surface area contributed by atoms with Crippen LogP contribution in [-0.2, 0) is 0 Å². The molecule has 106 valence electrons. The minimum absolute atomic E-state index is 0.0759. The molecular formula is C12H11F5O2. The minimum Gasteiger partial charge on any atom is -0.388 e. The number of rotatable bonds is 4. The third kappa shape index (κ3) is 3.50. The highest BCUT2D eigenvalue weighted by Gasteiger charge is 2.58. The Labute approximate surface area is 105 Å². The lowest BCUT2D eigenvalue weighted by Gasteiger charge is -2.23. The van der Waals surface area contributed by atoms with Crippen LogP contribution in [0.4, 0.5) is 22.0 Å². The first kappa shape index (κ1) is 15.6. The molecule has 1 aromatic rings. The molecule has 0 aromatic heterocycles. The number of carbonyl (C=O) groups is 1. The Bertz CT molecular complexity index is 467. The second-order valence-electron chi connectivity index (χ2n) is 4.07. The van der Waals surface area contributed by atoms with E-state index in [1.54, 1.807) is 0 Å². The number of halogens is 5. The first-order valence-corrected chi connectivity index (χ1v) is 5.29. The zero-order valence-corrected chi connectivity index (χ0v) is 9.84. The molecule has 0 amide bonds. The Kier molecular flexibility index (Phi) is 4.29. The topological polar surface area (TPSA) is 37.3 Å². The summed E-state index contributed by atoms with van der Waals surface area (Å²) in [6, 6.07) is 5.17. The predicted octanol–water partition coefficient (Wildman–Crippen LogP) is 3.51. The summed E-state index contributed by atoms with van der Waals surface area (Å²) in [7, 11) is 0. The highest BCUT2D eigenvalue weighted by molar-refractivity contribution is 5.95. The molecule has 0 heterocycles. The molecule has 0 spiro atoms. The lowest BCUT2D eigenvalue weighted by atomic mass is 9.96. The van der Waals surface area contributed by atoms with Gasteiger partial charge in [-0.1, -0.05) is 24.3 Å². The van der Waals surface area contributed by atoms with E-state index in [0.717, 1.165) is 13.0 Å². The molecule has 19 heavy (non-hydrogen) atoms. The van der Waals surface area contributed by atoms with E-state index in [-0.39, 0.29) is 11.1 Å². The lowest BCUT2D eigenvalue weighted by molar-refractivity contribution is -0.290. The third-order valence-corrected chi connectivity index (χ3v) is 2.56. The average Bonchev–Trinajstić information content (AvgIpc) is 2.26. The van der Waals surface area contributed by atoms with Crippen LogP contribution >= 0.6 is 0 Å². The van der Waals surface area contributed by atoms with Crippen molar-refractivity contribution in [2.24, 2.45) is 0 Å². The Morgan fingerprint density at radius 3 is 2.21 bits per heavy atom. The zero-order chi connectivity index (χ0) is 14.8. The molecule has 1 unspecified atom stereocenters. The molecule has 1 atom stereocenters. The van der Waals surface area contributed by atoms with E-state index in [1.807, 2.05) is 0 Å². The minimum atomic E-state index is -5.74. The molecule has 2 nitrogen and oxygen atoms in total. The van der Waals surface area contributed by atoms with E-state index in [4.69, 9.17) is 0 Å². The quantitative estimate of drug-likeness (QED) is 0.677. The fourth-order valence-electron chi connectivity index (χ4n) is 1.58. The fourth-order valence-corrected chi connectivity index (χ4v) is 1.58. The number of benzene rings is 1. The molecule has 0 aliphatic rings. The summed E-state index contributed by atoms with van der Waals surface area (Å²) in [5, 5.41) is 9.52. The number of aliphatic hydroxyl groups excluding tert-OH is 1. The summed E-state index contributed by atoms with van der Waals surface area (Å²) in [4.78, 5) is 11.2. The Balaban J connectivity index is 3.03. The van der Waals surface area contributed by atoms with Gasteiger partial charge in [0.15, 0.2) is 5.78 Å². The van der Waals surface area contributed by atoms with Gasteiger partial charge in [0.05, 0.1) is 12.5 Å². The van der Waals surface area contributed by atoms with E-state index >= 15 is 0 Å². The highest BCUT2D eigenvalue weighted by Crippen LogP contribution is 2.42. The second-order valence-corrected chi connectivity index (χ2v) is 4.07. The van der Waals surface area contributed by atoms with Gasteiger partial charge in [-0.15, -0.1) is 0 Å². The number of aliphatic hydroxyl groups is 1. The summed E-state index contributed by atoms with van der Waals surface area (Å²) in [5.41, 5.74) is -0.313. The number of hydrogen-bond donors (Lipinski definition) is 1. The van der Waals surface area contributed by atoms with Gasteiger partial charge in [0, 0.05) is 5.56 Å². The monoisotopic (exact) mass is 282 g/mol. The van der Waals surface area contributed by atoms with Crippen molar-refractivity contribution >= 4 is 5.78 Å². The molecule has 0 bridgehead atoms. The Hall–Kier alpha value is -1.50. The van der Waals surface area contributed by atoms with Crippen LogP contribution in [0.3, 0.4) is 0 Å². The zero-order valence-electron chi connectivity index (χ0n) is 9.84. The smallest absolute Gasteiger partial charge is 0.388 e. The van der Waals surface area contributed by atoms with Gasteiger partial charge in [-0.3, -0.25) is 4.79 Å². The molecule has 0 radical (unpaired) electrons. The van der Waals surface area contributed by atoms with Crippen molar-refractivity contribution in [2.75, 3.05) is 0 Å². The van der Waals surface area contributed by atoms with Gasteiger partial charge in [0.2, 0.25) is 0 Å². The molecule has 1 N–H and O–H groups in total. The standard InChI is InChI=1S/C12H11F5O2/c1-7(18)8-4-2-3-5-9(8)10(19)6-11(13,14)12(15,16)17/h2-5,10,19H,6H2,1H3. The maximum Gasteiger partial charge on any atom is 0.453 e. The molecular weight excluding hydrogens is 271 g/mol. The van der Waals surface area contributed by atoms with Crippen molar-refractivity contribution in [1.29, 1.82) is 0 Å². The van der Waals surface area contributed by atoms with Gasteiger partial charge in [-0.25, -0.2) is 0 Å². The van der Waals surface area contributed by atoms with Crippen LogP contribution < -0.4 is 0 Å². The maximum atomic E-state index is 12.8. The number of ketones is 1. The Morgan fingerprint density at radius 2 is 1.74 bits per heavy atom. The first-order chi connectivity index (χ1) is 8.56. The lowest BCUT2D eigenvalue weighted by Crippen LogP contribution is -2.38. The Morgan fingerprint density at radius 1 is 1.21 bits per heavy atom. The van der Waals surface area contributed by atoms with E-state index in [2.05, 4.69) is 0 Å². The molecule has 1 rings (SSSR count). The summed E-state index contributed by atoms with van der Waals surface area (Å²) < 4.78 is 61.8. The normalized spacial score (nSPS) is 14.3. The van der Waals surface area contributed by atoms with Crippen LogP contribution in [-0.4, -0.2) is 23.0 Å². The summed E-state index contributed by atoms with van der Waals surface area (Å²) in [6.45, 7) is 1.13. The van der Waals surface area contributed by atoms with E-state index < -0.39 is 30.4 Å². The molecule has 0 saturated carbocycles. The van der Waals surface area contributed by atoms with Crippen molar-refractivity contribution in [1.82, 2.24) is 0 Å². The van der Waals surface area contributed by atoms with Crippen molar-refractivity contribution in [3.05, 3.63) is 35.4 Å². The highest BCUT2D eigenvalue weighted by atomic mass is 19.4. The van der Waals surface area contributed by atoms with E-state index in [9.17, 15) is 31.9 Å². The van der Waals surface area contributed by atoms with Gasteiger partial charge in [0.1, 0.15) is 0 Å². The molecule has 0 aliphatic carbocycles. The molecule has 0 fully saturated rings. The van der Waals surface area contributed by atoms with Gasteiger partial charge in [0.25, 0.3) is 0 Å². The van der Waals surface area contributed by atoms with Gasteiger partial charge in [-0.2, -0.15) is 22.0 Å². The van der Waals surface area contributed by atoms with Crippen LogP contribution in [0.1, 0.15) is 35.4 Å². The predicted molar refractivity (Wildman–Crippen MR) is 57.0 cm³/mol. The molecule has 0 saturated heterocycles. The van der Waals surface area contributed by atoms with Crippen molar-refractivity contribution in [3.8, 4) is 0 Å². The average molecular weight is 282 g/mol. The largest absolute Gasteiger partial charge is 0.453 e. The van der Waals surface area contributed by atoms with Crippen molar-refractivity contribution < 1.29 is 31.9 Å². The molecule has 1 aromatic carbocycles. The number of Topliss-reactive ketones (excluding diaryl/α,β-unsaturated/α-hetero) is 1. The van der Waals surface area contributed by atoms with Crippen molar-refractivity contribution in [2.45, 2.75) is 31.5 Å². The van der Waals surface area contributed by atoms with Crippen LogP contribution in [0.2, 0.25) is 0 Å². The van der Waals surface area contributed by atoms with E-state index in [1.165, 1.54) is 18.2 Å². The maximum absolute atomic E-state index is 12.8. The van der Waals surface area contributed by atoms with Crippen molar-refractivity contribution in [3.63, 3.8) is 0 Å². The number of carbonyl (C=O) groups excluding carboxylic acids is 1. The SMILES string of the molecule is CC(=O)c1ccccc1C(O)CC(F)(F)C(F)(F)F. The summed E-state index contributed by atoms with van der Waals surface area (Å²) in [5.74, 6) is -5.54. The number of alkyl halides is 5. The van der Waals surface area contributed by atoms with Crippen LogP contribution in [0.15, 0.2) is 24.3 Å². The van der Waals surface area contributed by atoms with Gasteiger partial charge in [-0.05, 0) is 12.5 Å². The summed E-state index contributed by atoms with van der Waals surface area (Å²) in [6.07, 6.45) is -9.63. The van der Waals surface area contributed by atoms with Gasteiger partial charge >= 0.3 is 12.1 Å². The molecule has 7 heteroatoms. The van der Waals surface area contributed by atoms with Crippen LogP contribution in [0.5, 0.6) is 0 Å². The van der Waals surface area contributed by atoms with Gasteiger partial charge < -0.3 is 5.11 Å². The fraction of sp³-hybridized carbons (Fsp3) is 0.417. The first-order valence-electron chi connectivity index (χ1n) is 5.29. The van der Waals surface area contributed by atoms with E-state index in [0.29, 0.717) is 0 Å². The van der Waals surface area contributed by atoms with Crippen LogP contribution in [0.25, 0.3) is 0 Å². The summed E-state index contributed by atoms with van der Waals surface area (Å²) >= 11 is 0. The third-order valence-electron chi connectivity index (χ3n) is 2.56.